The van der Waals surface area contributed by atoms with Crippen molar-refractivity contribution in [2.24, 2.45) is 0 Å². The molecule has 3 heterocycles. The first-order valence-electron chi connectivity index (χ1n) is 8.09. The summed E-state index contributed by atoms with van der Waals surface area (Å²) in [6.45, 7) is 3.24. The van der Waals surface area contributed by atoms with Crippen molar-refractivity contribution in [3.8, 4) is 0 Å². The minimum absolute atomic E-state index is 0.0449. The van der Waals surface area contributed by atoms with Gasteiger partial charge in [0.2, 0.25) is 0 Å². The van der Waals surface area contributed by atoms with Crippen molar-refractivity contribution >= 4 is 22.7 Å². The van der Waals surface area contributed by atoms with Gasteiger partial charge in [0.15, 0.2) is 0 Å². The summed E-state index contributed by atoms with van der Waals surface area (Å²) in [5.74, 6) is 1.11. The minimum Gasteiger partial charge on any atom is -0.461 e. The van der Waals surface area contributed by atoms with Crippen molar-refractivity contribution in [3.05, 3.63) is 53.7 Å². The maximum absolute atomic E-state index is 12.9. The van der Waals surface area contributed by atoms with E-state index in [4.69, 9.17) is 14.9 Å². The van der Waals surface area contributed by atoms with E-state index in [1.165, 1.54) is 6.20 Å². The van der Waals surface area contributed by atoms with E-state index < -0.39 is 0 Å². The fourth-order valence-electron chi connectivity index (χ4n) is 3.10. The van der Waals surface area contributed by atoms with Crippen LogP contribution in [0.3, 0.4) is 0 Å². The minimum atomic E-state index is -0.369. The Hall–Kier alpha value is -2.93. The van der Waals surface area contributed by atoms with Gasteiger partial charge in [-0.2, -0.15) is 0 Å². The Morgan fingerprint density at radius 3 is 2.96 bits per heavy atom. The van der Waals surface area contributed by atoms with Gasteiger partial charge in [-0.1, -0.05) is 0 Å². The first-order valence-corrected chi connectivity index (χ1v) is 8.09. The Morgan fingerprint density at radius 1 is 1.28 bits per heavy atom. The van der Waals surface area contributed by atoms with Gasteiger partial charge in [0, 0.05) is 29.9 Å². The lowest BCUT2D eigenvalue weighted by atomic mass is 10.1. The van der Waals surface area contributed by atoms with Crippen molar-refractivity contribution in [1.29, 1.82) is 0 Å². The SMILES string of the molecule is Cc1cc2cc(C(=O)N3CCO[C@@H](c4nccnc4N)C3)ccc2o1. The summed E-state index contributed by atoms with van der Waals surface area (Å²) in [4.78, 5) is 22.9. The first kappa shape index (κ1) is 15.6. The smallest absolute Gasteiger partial charge is 0.254 e. The molecule has 0 saturated carbocycles. The monoisotopic (exact) mass is 338 g/mol. The van der Waals surface area contributed by atoms with Crippen molar-refractivity contribution in [3.63, 3.8) is 0 Å². The van der Waals surface area contributed by atoms with Gasteiger partial charge in [0.05, 0.1) is 13.2 Å². The van der Waals surface area contributed by atoms with Crippen LogP contribution in [0.5, 0.6) is 0 Å². The summed E-state index contributed by atoms with van der Waals surface area (Å²) in [6, 6.07) is 7.40. The molecular formula is C18H18N4O3. The number of nitrogens with two attached hydrogens (primary N) is 1. The molecule has 1 aliphatic heterocycles. The summed E-state index contributed by atoms with van der Waals surface area (Å²) in [5, 5.41) is 0.923. The molecule has 1 aromatic carbocycles. The number of hydrogen-bond acceptors (Lipinski definition) is 6. The maximum atomic E-state index is 12.9. The van der Waals surface area contributed by atoms with Gasteiger partial charge in [-0.25, -0.2) is 4.98 Å². The Kier molecular flexibility index (Phi) is 3.85. The zero-order chi connectivity index (χ0) is 17.4. The van der Waals surface area contributed by atoms with Crippen LogP contribution in [0.25, 0.3) is 11.0 Å². The third kappa shape index (κ3) is 2.94. The predicted molar refractivity (Wildman–Crippen MR) is 92.0 cm³/mol. The molecule has 2 N–H and O–H groups in total. The van der Waals surface area contributed by atoms with E-state index in [1.807, 2.05) is 25.1 Å². The second kappa shape index (κ2) is 6.18. The molecular weight excluding hydrogens is 320 g/mol. The van der Waals surface area contributed by atoms with Crippen LogP contribution in [0.4, 0.5) is 5.82 Å². The van der Waals surface area contributed by atoms with E-state index in [2.05, 4.69) is 9.97 Å². The Morgan fingerprint density at radius 2 is 2.12 bits per heavy atom. The van der Waals surface area contributed by atoms with Crippen LogP contribution in [-0.2, 0) is 4.74 Å². The van der Waals surface area contributed by atoms with Crippen molar-refractivity contribution in [2.45, 2.75) is 13.0 Å². The number of fused-ring (bicyclic) bond motifs is 1. The summed E-state index contributed by atoms with van der Waals surface area (Å²) in [5.41, 5.74) is 7.86. The molecule has 25 heavy (non-hydrogen) atoms. The molecule has 4 rings (SSSR count). The highest BCUT2D eigenvalue weighted by atomic mass is 16.5. The molecule has 1 amide bonds. The van der Waals surface area contributed by atoms with Crippen LogP contribution in [0.1, 0.15) is 27.9 Å². The van der Waals surface area contributed by atoms with Gasteiger partial charge >= 0.3 is 0 Å². The lowest BCUT2D eigenvalue weighted by Crippen LogP contribution is -2.42. The topological polar surface area (TPSA) is 94.5 Å². The largest absolute Gasteiger partial charge is 0.461 e. The molecule has 7 nitrogen and oxygen atoms in total. The van der Waals surface area contributed by atoms with Crippen LogP contribution >= 0.6 is 0 Å². The number of hydrogen-bond donors (Lipinski definition) is 1. The summed E-state index contributed by atoms with van der Waals surface area (Å²) in [6.07, 6.45) is 2.74. The number of carbonyl (C=O) groups is 1. The van der Waals surface area contributed by atoms with Crippen LogP contribution in [0.15, 0.2) is 41.1 Å². The van der Waals surface area contributed by atoms with Crippen LogP contribution in [0.2, 0.25) is 0 Å². The standard InChI is InChI=1S/C18H18N4O3/c1-11-8-13-9-12(2-3-14(13)25-11)18(23)22-6-7-24-15(10-22)16-17(19)21-5-4-20-16/h2-5,8-9,15H,6-7,10H2,1H3,(H2,19,21)/t15-/m1/s1. The number of ether oxygens (including phenoxy) is 1. The van der Waals surface area contributed by atoms with E-state index in [0.717, 1.165) is 16.7 Å². The number of anilines is 1. The maximum Gasteiger partial charge on any atom is 0.254 e. The zero-order valence-electron chi connectivity index (χ0n) is 13.8. The van der Waals surface area contributed by atoms with E-state index >= 15 is 0 Å². The first-order chi connectivity index (χ1) is 12.1. The molecule has 0 aliphatic carbocycles. The predicted octanol–water partition coefficient (Wildman–Crippen LogP) is 2.33. The number of rotatable bonds is 2. The quantitative estimate of drug-likeness (QED) is 0.770. The summed E-state index contributed by atoms with van der Waals surface area (Å²) >= 11 is 0. The van der Waals surface area contributed by atoms with E-state index in [1.54, 1.807) is 17.2 Å². The van der Waals surface area contributed by atoms with Gasteiger partial charge in [0.25, 0.3) is 5.91 Å². The van der Waals surface area contributed by atoms with Gasteiger partial charge in [-0.3, -0.25) is 9.78 Å². The molecule has 1 fully saturated rings. The molecule has 0 spiro atoms. The molecule has 3 aromatic rings. The van der Waals surface area contributed by atoms with Crippen LogP contribution < -0.4 is 5.73 Å². The highest BCUT2D eigenvalue weighted by molar-refractivity contribution is 5.98. The molecule has 128 valence electrons. The molecule has 1 aliphatic rings. The lowest BCUT2D eigenvalue weighted by Gasteiger charge is -2.32. The zero-order valence-corrected chi connectivity index (χ0v) is 13.8. The van der Waals surface area contributed by atoms with Gasteiger partial charge in [-0.05, 0) is 31.2 Å². The summed E-state index contributed by atoms with van der Waals surface area (Å²) < 4.78 is 11.3. The fourth-order valence-corrected chi connectivity index (χ4v) is 3.10. The second-order valence-electron chi connectivity index (χ2n) is 6.05. The third-order valence-electron chi connectivity index (χ3n) is 4.30. The molecule has 1 saturated heterocycles. The molecule has 0 unspecified atom stereocenters. The number of morpholine rings is 1. The van der Waals surface area contributed by atoms with Crippen LogP contribution in [-0.4, -0.2) is 40.5 Å². The molecule has 0 bridgehead atoms. The molecule has 2 aromatic heterocycles. The third-order valence-corrected chi connectivity index (χ3v) is 4.30. The average molecular weight is 338 g/mol. The number of aromatic nitrogens is 2. The van der Waals surface area contributed by atoms with Gasteiger partial charge in [-0.15, -0.1) is 0 Å². The van der Waals surface area contributed by atoms with Crippen molar-refractivity contribution < 1.29 is 13.9 Å². The highest BCUT2D eigenvalue weighted by Crippen LogP contribution is 2.26. The lowest BCUT2D eigenvalue weighted by molar-refractivity contribution is -0.0245. The fraction of sp³-hybridized carbons (Fsp3) is 0.278. The van der Waals surface area contributed by atoms with Gasteiger partial charge < -0.3 is 19.8 Å². The normalized spacial score (nSPS) is 17.8. The second-order valence-corrected chi connectivity index (χ2v) is 6.05. The van der Waals surface area contributed by atoms with E-state index in [-0.39, 0.29) is 12.0 Å². The number of carbonyl (C=O) groups excluding carboxylic acids is 1. The van der Waals surface area contributed by atoms with E-state index in [0.29, 0.717) is 36.8 Å². The van der Waals surface area contributed by atoms with Gasteiger partial charge in [0.1, 0.15) is 29.0 Å². The van der Waals surface area contributed by atoms with Crippen LogP contribution in [0, 0.1) is 6.92 Å². The molecule has 1 atom stereocenters. The van der Waals surface area contributed by atoms with Crippen molar-refractivity contribution in [2.75, 3.05) is 25.4 Å². The van der Waals surface area contributed by atoms with Crippen molar-refractivity contribution in [1.82, 2.24) is 14.9 Å². The van der Waals surface area contributed by atoms with E-state index in [9.17, 15) is 4.79 Å². The number of nitrogens with zero attached hydrogens (tertiary/aromatic N) is 3. The number of aryl methyl sites for hydroxylation is 1. The highest BCUT2D eigenvalue weighted by Gasteiger charge is 2.28. The molecule has 7 heteroatoms. The number of nitrogen functional groups attached to an aromatic ring is 1. The number of furan rings is 1. The number of amides is 1. The Bertz CT molecular complexity index is 937. The molecule has 0 radical (unpaired) electrons. The number of benzene rings is 1. The Balaban J connectivity index is 1.57. The Labute approximate surface area is 144 Å². The summed E-state index contributed by atoms with van der Waals surface area (Å²) in [7, 11) is 0. The average Bonchev–Trinajstić information content (AvgIpc) is 3.00.